The molecule has 1 aromatic carbocycles. The fourth-order valence-electron chi connectivity index (χ4n) is 2.04. The molecule has 0 aromatic heterocycles. The summed E-state index contributed by atoms with van der Waals surface area (Å²) in [6.07, 6.45) is 2.21. The van der Waals surface area contributed by atoms with E-state index in [0.717, 1.165) is 22.9 Å². The molecule has 1 fully saturated rings. The number of hydrogen-bond acceptors (Lipinski definition) is 1. The second kappa shape index (κ2) is 3.63. The Hall–Kier alpha value is -0.830. The van der Waals surface area contributed by atoms with Crippen LogP contribution in [0.3, 0.4) is 0 Å². The molecule has 3 heteroatoms. The molecule has 15 heavy (non-hydrogen) atoms. The van der Waals surface area contributed by atoms with Crippen LogP contribution in [0.1, 0.15) is 25.3 Å². The lowest BCUT2D eigenvalue weighted by Gasteiger charge is -2.26. The van der Waals surface area contributed by atoms with Crippen LogP contribution in [0.25, 0.3) is 0 Å². The van der Waals surface area contributed by atoms with Crippen molar-refractivity contribution in [3.8, 4) is 0 Å². The third-order valence-corrected chi connectivity index (χ3v) is 3.88. The third kappa shape index (κ3) is 1.81. The fourth-order valence-corrected chi connectivity index (χ4v) is 2.30. The van der Waals surface area contributed by atoms with Gasteiger partial charge in [-0.05, 0) is 43.4 Å². The molecule has 2 rings (SSSR count). The minimum absolute atomic E-state index is 0.215. The van der Waals surface area contributed by atoms with Gasteiger partial charge in [-0.25, -0.2) is 0 Å². The minimum Gasteiger partial charge on any atom is -0.369 e. The molecule has 1 atom stereocenters. The first-order valence-corrected chi connectivity index (χ1v) is 5.90. The molecule has 1 aliphatic carbocycles. The molecule has 1 saturated carbocycles. The van der Waals surface area contributed by atoms with Gasteiger partial charge in [-0.3, -0.25) is 4.79 Å². The molecule has 0 saturated heterocycles. The maximum absolute atomic E-state index is 11.6. The Balaban J connectivity index is 2.40. The molecule has 0 heterocycles. The average Bonchev–Trinajstić information content (AvgIpc) is 3.00. The van der Waals surface area contributed by atoms with Crippen LogP contribution in [0.2, 0.25) is 0 Å². The molecular formula is C12H14BrNO. The van der Waals surface area contributed by atoms with Gasteiger partial charge in [-0.1, -0.05) is 28.1 Å². The molecule has 0 unspecified atom stereocenters. The van der Waals surface area contributed by atoms with Crippen molar-refractivity contribution in [1.29, 1.82) is 0 Å². The summed E-state index contributed by atoms with van der Waals surface area (Å²) in [4.78, 5) is 11.6. The maximum atomic E-state index is 11.6. The van der Waals surface area contributed by atoms with Gasteiger partial charge in [0.1, 0.15) is 0 Å². The van der Waals surface area contributed by atoms with Crippen molar-refractivity contribution < 1.29 is 4.79 Å². The summed E-state index contributed by atoms with van der Waals surface area (Å²) in [6, 6.07) is 7.87. The Bertz CT molecular complexity index is 383. The smallest absolute Gasteiger partial charge is 0.228 e. The first-order valence-electron chi connectivity index (χ1n) is 5.11. The van der Waals surface area contributed by atoms with E-state index in [1.54, 1.807) is 0 Å². The van der Waals surface area contributed by atoms with Crippen LogP contribution in [0.5, 0.6) is 0 Å². The van der Waals surface area contributed by atoms with Crippen molar-refractivity contribution in [2.45, 2.75) is 25.2 Å². The van der Waals surface area contributed by atoms with Crippen LogP contribution in [0.4, 0.5) is 0 Å². The van der Waals surface area contributed by atoms with E-state index in [1.807, 2.05) is 31.2 Å². The van der Waals surface area contributed by atoms with E-state index in [2.05, 4.69) is 15.9 Å². The van der Waals surface area contributed by atoms with Gasteiger partial charge in [-0.15, -0.1) is 0 Å². The monoisotopic (exact) mass is 267 g/mol. The number of rotatable bonds is 3. The number of hydrogen-bond donors (Lipinski definition) is 1. The lowest BCUT2D eigenvalue weighted by molar-refractivity contribution is -0.123. The van der Waals surface area contributed by atoms with Crippen molar-refractivity contribution in [2.24, 2.45) is 11.7 Å². The van der Waals surface area contributed by atoms with Gasteiger partial charge in [-0.2, -0.15) is 0 Å². The standard InChI is InChI=1S/C12H14BrNO/c1-12(11(14)15,8-2-3-8)9-4-6-10(13)7-5-9/h4-8H,2-3H2,1H3,(H2,14,15)/t12-/m1/s1. The summed E-state index contributed by atoms with van der Waals surface area (Å²) in [5, 5.41) is 0. The lowest BCUT2D eigenvalue weighted by atomic mass is 9.77. The third-order valence-electron chi connectivity index (χ3n) is 3.35. The van der Waals surface area contributed by atoms with Gasteiger partial charge in [0.05, 0.1) is 5.41 Å². The number of amides is 1. The zero-order valence-corrected chi connectivity index (χ0v) is 10.3. The van der Waals surface area contributed by atoms with Gasteiger partial charge in [0.25, 0.3) is 0 Å². The van der Waals surface area contributed by atoms with E-state index in [1.165, 1.54) is 0 Å². The Kier molecular flexibility index (Phi) is 2.59. The van der Waals surface area contributed by atoms with Crippen LogP contribution in [-0.2, 0) is 10.2 Å². The number of carbonyl (C=O) groups excluding carboxylic acids is 1. The van der Waals surface area contributed by atoms with Gasteiger partial charge in [0.2, 0.25) is 5.91 Å². The Morgan fingerprint density at radius 1 is 1.40 bits per heavy atom. The Morgan fingerprint density at radius 2 is 1.93 bits per heavy atom. The van der Waals surface area contributed by atoms with Crippen molar-refractivity contribution in [3.05, 3.63) is 34.3 Å². The highest BCUT2D eigenvalue weighted by Gasteiger charge is 2.47. The highest BCUT2D eigenvalue weighted by atomic mass is 79.9. The number of primary amides is 1. The summed E-state index contributed by atoms with van der Waals surface area (Å²) in [6.45, 7) is 1.95. The molecule has 0 radical (unpaired) electrons. The second-order valence-corrected chi connectivity index (χ2v) is 5.26. The van der Waals surface area contributed by atoms with Crippen LogP contribution in [0.15, 0.2) is 28.7 Å². The van der Waals surface area contributed by atoms with E-state index < -0.39 is 5.41 Å². The Labute approximate surface area is 98.0 Å². The van der Waals surface area contributed by atoms with Crippen molar-refractivity contribution >= 4 is 21.8 Å². The average molecular weight is 268 g/mol. The molecule has 0 spiro atoms. The van der Waals surface area contributed by atoms with Crippen LogP contribution < -0.4 is 5.73 Å². The highest BCUT2D eigenvalue weighted by molar-refractivity contribution is 9.10. The first kappa shape index (κ1) is 10.7. The van der Waals surface area contributed by atoms with Crippen LogP contribution >= 0.6 is 15.9 Å². The van der Waals surface area contributed by atoms with Gasteiger partial charge in [0.15, 0.2) is 0 Å². The zero-order valence-electron chi connectivity index (χ0n) is 8.66. The number of benzene rings is 1. The quantitative estimate of drug-likeness (QED) is 0.899. The number of nitrogens with two attached hydrogens (primary N) is 1. The summed E-state index contributed by atoms with van der Waals surface area (Å²) in [7, 11) is 0. The predicted molar refractivity (Wildman–Crippen MR) is 63.4 cm³/mol. The largest absolute Gasteiger partial charge is 0.369 e. The molecule has 80 valence electrons. The first-order chi connectivity index (χ1) is 7.05. The van der Waals surface area contributed by atoms with Gasteiger partial charge >= 0.3 is 0 Å². The molecule has 1 amide bonds. The van der Waals surface area contributed by atoms with E-state index >= 15 is 0 Å². The summed E-state index contributed by atoms with van der Waals surface area (Å²) in [5.41, 5.74) is 6.07. The van der Waals surface area contributed by atoms with Crippen molar-refractivity contribution in [3.63, 3.8) is 0 Å². The van der Waals surface area contributed by atoms with Crippen LogP contribution in [0, 0.1) is 5.92 Å². The molecule has 1 aromatic rings. The number of carbonyl (C=O) groups is 1. The lowest BCUT2D eigenvalue weighted by Crippen LogP contribution is -2.40. The van der Waals surface area contributed by atoms with Crippen LogP contribution in [-0.4, -0.2) is 5.91 Å². The van der Waals surface area contributed by atoms with E-state index in [4.69, 9.17) is 5.73 Å². The predicted octanol–water partition coefficient (Wildman–Crippen LogP) is 2.60. The Morgan fingerprint density at radius 3 is 2.33 bits per heavy atom. The molecule has 2 N–H and O–H groups in total. The molecule has 0 aliphatic heterocycles. The minimum atomic E-state index is -0.485. The highest BCUT2D eigenvalue weighted by Crippen LogP contribution is 2.47. The van der Waals surface area contributed by atoms with E-state index in [9.17, 15) is 4.79 Å². The normalized spacial score (nSPS) is 19.6. The maximum Gasteiger partial charge on any atom is 0.228 e. The zero-order chi connectivity index (χ0) is 11.1. The van der Waals surface area contributed by atoms with Crippen molar-refractivity contribution in [2.75, 3.05) is 0 Å². The number of halogens is 1. The molecule has 1 aliphatic rings. The molecular weight excluding hydrogens is 254 g/mol. The van der Waals surface area contributed by atoms with E-state index in [0.29, 0.717) is 5.92 Å². The summed E-state index contributed by atoms with van der Waals surface area (Å²) >= 11 is 3.39. The van der Waals surface area contributed by atoms with E-state index in [-0.39, 0.29) is 5.91 Å². The summed E-state index contributed by atoms with van der Waals surface area (Å²) < 4.78 is 1.02. The summed E-state index contributed by atoms with van der Waals surface area (Å²) in [5.74, 6) is 0.212. The molecule has 0 bridgehead atoms. The topological polar surface area (TPSA) is 43.1 Å². The fraction of sp³-hybridized carbons (Fsp3) is 0.417. The molecule has 2 nitrogen and oxygen atoms in total. The van der Waals surface area contributed by atoms with Crippen molar-refractivity contribution in [1.82, 2.24) is 0 Å². The van der Waals surface area contributed by atoms with Gasteiger partial charge < -0.3 is 5.73 Å². The van der Waals surface area contributed by atoms with Gasteiger partial charge in [0, 0.05) is 4.47 Å². The SMILES string of the molecule is C[C@](C(N)=O)(c1ccc(Br)cc1)C1CC1. The second-order valence-electron chi connectivity index (χ2n) is 4.35.